The maximum Gasteiger partial charge on any atom is 0.317 e. The van der Waals surface area contributed by atoms with Gasteiger partial charge in [0.05, 0.1) is 1.37 Å². The number of hydrogen-bond donors (Lipinski definition) is 0. The van der Waals surface area contributed by atoms with Gasteiger partial charge in [-0.2, -0.15) is 4.98 Å². The van der Waals surface area contributed by atoms with Crippen molar-refractivity contribution < 1.29 is 36.3 Å². The van der Waals surface area contributed by atoms with Crippen LogP contribution in [-0.2, 0) is 40.0 Å². The van der Waals surface area contributed by atoms with Crippen LogP contribution in [0.15, 0.2) is 18.2 Å². The van der Waals surface area contributed by atoms with E-state index in [1.54, 1.807) is 12.1 Å². The van der Waals surface area contributed by atoms with Gasteiger partial charge in [0.15, 0.2) is 11.6 Å². The number of pyridine rings is 1. The second-order valence-corrected chi connectivity index (χ2v) is 9.03. The standard InChI is InChI=1S/C29H37N5O3/c1-5-22-14-20(15-23(6-2)31-22)11-12-29(21-9-7-8-10-21)17-25(35)24(27(36)37-29)16-26-32-28-30-18(3)13-19(4)34(28)33-26/h13-15,21,24H,5-12,16-17H2,1-4H3/t24?,29-/m1/s1/i3D3,4D3,7D2,8D2,9D2,10D2,13D,21D. The number of fused-ring (bicyclic) bond motifs is 1. The summed E-state index contributed by atoms with van der Waals surface area (Å²) in [6.07, 6.45) is -16.1. The summed E-state index contributed by atoms with van der Waals surface area (Å²) in [7, 11) is 0. The van der Waals surface area contributed by atoms with Gasteiger partial charge in [-0.3, -0.25) is 14.6 Å². The summed E-state index contributed by atoms with van der Waals surface area (Å²) in [4.78, 5) is 40.3. The average molecular weight is 520 g/mol. The molecule has 2 fully saturated rings. The van der Waals surface area contributed by atoms with E-state index in [2.05, 4.69) is 20.1 Å². The van der Waals surface area contributed by atoms with E-state index < -0.39 is 117 Å². The minimum atomic E-state index is -3.68. The predicted molar refractivity (Wildman–Crippen MR) is 139 cm³/mol. The number of aryl methyl sites for hydroxylation is 5. The van der Waals surface area contributed by atoms with Gasteiger partial charge in [-0.15, -0.1) is 5.10 Å². The number of ether oxygens (including phenoxy) is 1. The lowest BCUT2D eigenvalue weighted by molar-refractivity contribution is -0.185. The maximum atomic E-state index is 14.1. The van der Waals surface area contributed by atoms with E-state index in [0.717, 1.165) is 0 Å². The van der Waals surface area contributed by atoms with Gasteiger partial charge in [-0.05, 0) is 81.8 Å². The third-order valence-electron chi connectivity index (χ3n) is 6.54. The van der Waals surface area contributed by atoms with E-state index in [9.17, 15) is 11.0 Å². The van der Waals surface area contributed by atoms with E-state index >= 15 is 0 Å². The molecule has 8 heteroatoms. The van der Waals surface area contributed by atoms with Crippen LogP contribution in [0.5, 0.6) is 0 Å². The van der Waals surface area contributed by atoms with Crippen LogP contribution in [-0.4, -0.2) is 41.9 Å². The Bertz CT molecular complexity index is 1910. The van der Waals surface area contributed by atoms with Crippen molar-refractivity contribution in [2.75, 3.05) is 0 Å². The van der Waals surface area contributed by atoms with Crippen LogP contribution in [0.25, 0.3) is 5.78 Å². The Kier molecular flexibility index (Phi) is 3.51. The summed E-state index contributed by atoms with van der Waals surface area (Å²) < 4.78 is 140. The first-order valence-corrected chi connectivity index (χ1v) is 12.1. The number of ketones is 1. The van der Waals surface area contributed by atoms with Crippen molar-refractivity contribution in [3.05, 3.63) is 52.3 Å². The average Bonchev–Trinajstić information content (AvgIpc) is 3.46. The Morgan fingerprint density at radius 1 is 1.16 bits per heavy atom. The number of carbonyl (C=O) groups is 2. The Labute approximate surface area is 240 Å². The van der Waals surface area contributed by atoms with E-state index in [-0.39, 0.29) is 6.42 Å². The van der Waals surface area contributed by atoms with E-state index in [4.69, 9.17) is 25.3 Å². The van der Waals surface area contributed by atoms with Crippen LogP contribution in [0.4, 0.5) is 0 Å². The van der Waals surface area contributed by atoms with Gasteiger partial charge in [0.2, 0.25) is 0 Å². The Morgan fingerprint density at radius 2 is 1.92 bits per heavy atom. The molecule has 37 heavy (non-hydrogen) atoms. The number of hydrogen-bond acceptors (Lipinski definition) is 7. The second kappa shape index (κ2) is 10.3. The molecular weight excluding hydrogens is 466 g/mol. The molecule has 1 saturated carbocycles. The molecule has 2 atom stereocenters. The highest BCUT2D eigenvalue weighted by Gasteiger charge is 2.51. The second-order valence-electron chi connectivity index (χ2n) is 9.03. The summed E-state index contributed by atoms with van der Waals surface area (Å²) in [5.41, 5.74) is -2.58. The molecule has 0 N–H and O–H groups in total. The quantitative estimate of drug-likeness (QED) is 0.319. The van der Waals surface area contributed by atoms with Crippen molar-refractivity contribution in [1.29, 1.82) is 0 Å². The van der Waals surface area contributed by atoms with Gasteiger partial charge < -0.3 is 4.74 Å². The molecule has 0 radical (unpaired) electrons. The normalized spacial score (nSPS) is 36.0. The molecule has 3 aromatic heterocycles. The first-order valence-electron chi connectivity index (χ1n) is 20.1. The molecule has 196 valence electrons. The zero-order valence-corrected chi connectivity index (χ0v) is 20.4. The summed E-state index contributed by atoms with van der Waals surface area (Å²) in [5.74, 6) is -8.74. The highest BCUT2D eigenvalue weighted by Crippen LogP contribution is 2.45. The van der Waals surface area contributed by atoms with Crippen molar-refractivity contribution in [1.82, 2.24) is 24.6 Å². The summed E-state index contributed by atoms with van der Waals surface area (Å²) >= 11 is 0. The topological polar surface area (TPSA) is 99.3 Å². The van der Waals surface area contributed by atoms with Crippen LogP contribution in [0, 0.1) is 25.5 Å². The van der Waals surface area contributed by atoms with Gasteiger partial charge >= 0.3 is 5.97 Å². The van der Waals surface area contributed by atoms with Gasteiger partial charge in [0, 0.05) is 56.2 Å². The summed E-state index contributed by atoms with van der Waals surface area (Å²) in [5, 5.41) is 4.00. The van der Waals surface area contributed by atoms with Crippen LogP contribution in [0.3, 0.4) is 0 Å². The van der Waals surface area contributed by atoms with Crippen LogP contribution < -0.4 is 0 Å². The molecule has 2 aliphatic rings. The monoisotopic (exact) mass is 519 g/mol. The fourth-order valence-corrected chi connectivity index (χ4v) is 4.58. The number of Topliss-reactive ketones (excluding diaryl/α,β-unsaturated/α-hetero) is 1. The minimum Gasteiger partial charge on any atom is -0.458 e. The van der Waals surface area contributed by atoms with Gasteiger partial charge in [-0.25, -0.2) is 9.50 Å². The van der Waals surface area contributed by atoms with E-state index in [1.807, 2.05) is 13.8 Å². The first-order chi connectivity index (χ1) is 24.0. The lowest BCUT2D eigenvalue weighted by Gasteiger charge is -2.43. The Morgan fingerprint density at radius 3 is 2.57 bits per heavy atom. The maximum absolute atomic E-state index is 14.1. The number of carbonyl (C=O) groups excluding carboxylic acids is 2. The molecule has 1 aliphatic carbocycles. The van der Waals surface area contributed by atoms with E-state index in [1.165, 1.54) is 0 Å². The molecule has 0 bridgehead atoms. The number of esters is 1. The van der Waals surface area contributed by atoms with Gasteiger partial charge in [0.25, 0.3) is 5.78 Å². The van der Waals surface area contributed by atoms with Crippen molar-refractivity contribution >= 4 is 17.5 Å². The van der Waals surface area contributed by atoms with Crippen molar-refractivity contribution in [3.63, 3.8) is 0 Å². The Balaban J connectivity index is 1.61. The molecule has 4 heterocycles. The number of aromatic nitrogens is 5. The van der Waals surface area contributed by atoms with Gasteiger partial charge in [-0.1, -0.05) is 26.6 Å². The fourth-order valence-electron chi connectivity index (χ4n) is 4.58. The molecule has 1 unspecified atom stereocenters. The SMILES string of the molecule is [2H]c1c(C([2H])([2H])[2H])nc2nc(CC3C(=O)C[C@](CCc4cc(CC)nc(CC)c4)(C4([2H])C([2H])([2H])C([2H])([2H])C([2H])([2H])C4([2H])[2H])OC3=O)nn2c1C([2H])([2H])[2H]. The molecule has 0 spiro atoms. The Hall–Kier alpha value is -3.16. The highest BCUT2D eigenvalue weighted by atomic mass is 16.6. The molecular formula is C29H37N5O3. The summed E-state index contributed by atoms with van der Waals surface area (Å²) in [6.45, 7) is -2.38. The number of cyclic esters (lactones) is 1. The molecule has 3 aromatic rings. The predicted octanol–water partition coefficient (Wildman–Crippen LogP) is 4.50. The lowest BCUT2D eigenvalue weighted by Crippen LogP contribution is -2.52. The molecule has 5 rings (SSSR count). The summed E-state index contributed by atoms with van der Waals surface area (Å²) in [6, 6.07) is 2.45. The molecule has 0 amide bonds. The molecule has 1 saturated heterocycles. The molecule has 8 nitrogen and oxygen atoms in total. The van der Waals surface area contributed by atoms with Crippen LogP contribution >= 0.6 is 0 Å². The zero-order valence-electron chi connectivity index (χ0n) is 36.4. The third kappa shape index (κ3) is 5.15. The molecule has 0 aromatic carbocycles. The van der Waals surface area contributed by atoms with Gasteiger partial charge in [0.1, 0.15) is 11.5 Å². The van der Waals surface area contributed by atoms with Crippen molar-refractivity contribution in [2.24, 2.45) is 11.8 Å². The smallest absolute Gasteiger partial charge is 0.317 e. The zero-order chi connectivity index (χ0) is 40.1. The van der Waals surface area contributed by atoms with E-state index in [0.29, 0.717) is 34.3 Å². The first kappa shape index (κ1) is 12.6. The van der Waals surface area contributed by atoms with Crippen LogP contribution in [0.2, 0.25) is 0 Å². The third-order valence-corrected chi connectivity index (χ3v) is 6.54. The number of rotatable bonds is 8. The molecule has 1 aliphatic heterocycles. The van der Waals surface area contributed by atoms with Crippen molar-refractivity contribution in [2.45, 2.75) is 97.2 Å². The van der Waals surface area contributed by atoms with Crippen LogP contribution in [0.1, 0.15) is 108 Å². The largest absolute Gasteiger partial charge is 0.458 e. The lowest BCUT2D eigenvalue weighted by atomic mass is 9.73. The fraction of sp³-hybridized carbons (Fsp3) is 0.586. The number of nitrogens with zero attached hydrogens (tertiary/aromatic N) is 5. The highest BCUT2D eigenvalue weighted by molar-refractivity contribution is 6.01. The van der Waals surface area contributed by atoms with Crippen molar-refractivity contribution in [3.8, 4) is 0 Å². The minimum absolute atomic E-state index is 0.134.